The quantitative estimate of drug-likeness (QED) is 0.310. The number of carbonyl (C=O) groups is 2. The number of benzene rings is 2. The predicted molar refractivity (Wildman–Crippen MR) is 138 cm³/mol. The normalized spacial score (nSPS) is 14.6. The van der Waals surface area contributed by atoms with Crippen LogP contribution < -0.4 is 26.9 Å². The third-order valence-corrected chi connectivity index (χ3v) is 6.33. The number of nitrogen functional groups attached to an aromatic ring is 1. The molecule has 0 fully saturated rings. The molecule has 0 bridgehead atoms. The number of aryl methyl sites for hydroxylation is 1. The van der Waals surface area contributed by atoms with Crippen molar-refractivity contribution in [2.75, 3.05) is 16.4 Å². The van der Waals surface area contributed by atoms with Crippen LogP contribution in [-0.2, 0) is 4.79 Å². The van der Waals surface area contributed by atoms with Crippen molar-refractivity contribution >= 4 is 51.9 Å². The van der Waals surface area contributed by atoms with Gasteiger partial charge in [-0.1, -0.05) is 6.08 Å². The van der Waals surface area contributed by atoms with E-state index in [1.807, 2.05) is 25.3 Å². The Bertz CT molecular complexity index is 1450. The van der Waals surface area contributed by atoms with E-state index in [9.17, 15) is 9.59 Å². The Kier molecular flexibility index (Phi) is 5.89. The van der Waals surface area contributed by atoms with E-state index < -0.39 is 6.09 Å². The van der Waals surface area contributed by atoms with Crippen LogP contribution in [0.3, 0.4) is 0 Å². The highest BCUT2D eigenvalue weighted by Gasteiger charge is 2.22. The first-order valence-corrected chi connectivity index (χ1v) is 11.5. The molecule has 10 heteroatoms. The summed E-state index contributed by atoms with van der Waals surface area (Å²) in [5.74, 6) is 5.91. The van der Waals surface area contributed by atoms with Gasteiger partial charge in [-0.05, 0) is 73.5 Å². The number of hydrogen-bond acceptors (Lipinski definition) is 8. The van der Waals surface area contributed by atoms with Crippen LogP contribution >= 0.6 is 11.9 Å². The van der Waals surface area contributed by atoms with Gasteiger partial charge in [0.2, 0.25) is 0 Å². The number of carbonyl (C=O) groups excluding carboxylic acids is 2. The Labute approximate surface area is 205 Å². The first-order chi connectivity index (χ1) is 16.8. The van der Waals surface area contributed by atoms with E-state index >= 15 is 0 Å². The molecule has 2 aliphatic rings. The fraction of sp³-hybridized carbons (Fsp3) is 0.0800. The van der Waals surface area contributed by atoms with E-state index in [1.165, 1.54) is 16.4 Å². The molecule has 0 atom stereocenters. The molecule has 6 N–H and O–H groups in total. The molecule has 3 aromatic rings. The molecule has 5 rings (SSSR count). The van der Waals surface area contributed by atoms with Crippen LogP contribution in [0.4, 0.5) is 21.9 Å². The van der Waals surface area contributed by atoms with Gasteiger partial charge in [-0.15, -0.1) is 0 Å². The van der Waals surface area contributed by atoms with Gasteiger partial charge in [0.25, 0.3) is 5.91 Å². The van der Waals surface area contributed by atoms with Gasteiger partial charge in [-0.2, -0.15) is 0 Å². The Balaban J connectivity index is 1.19. The molecule has 0 saturated carbocycles. The summed E-state index contributed by atoms with van der Waals surface area (Å²) >= 11 is 1.38. The molecular formula is C25H22N6O3S. The van der Waals surface area contributed by atoms with Crippen molar-refractivity contribution in [3.63, 3.8) is 0 Å². The van der Waals surface area contributed by atoms with Gasteiger partial charge < -0.3 is 15.8 Å². The topological polar surface area (TPSA) is 136 Å². The largest absolute Gasteiger partial charge is 0.417 e. The Hall–Kier alpha value is -4.28. The maximum Gasteiger partial charge on any atom is 0.417 e. The van der Waals surface area contributed by atoms with E-state index in [-0.39, 0.29) is 5.91 Å². The number of ether oxygens (including phenoxy) is 1. The predicted octanol–water partition coefficient (Wildman–Crippen LogP) is 4.61. The molecule has 1 aliphatic carbocycles. The first-order valence-electron chi connectivity index (χ1n) is 10.8. The molecular weight excluding hydrogens is 464 g/mol. The van der Waals surface area contributed by atoms with E-state index in [4.69, 9.17) is 16.3 Å². The average molecular weight is 487 g/mol. The molecule has 176 valence electrons. The lowest BCUT2D eigenvalue weighted by Gasteiger charge is -2.13. The van der Waals surface area contributed by atoms with Crippen molar-refractivity contribution in [1.82, 2.24) is 9.40 Å². The molecule has 1 aliphatic heterocycles. The highest BCUT2D eigenvalue weighted by Crippen LogP contribution is 2.39. The van der Waals surface area contributed by atoms with Gasteiger partial charge in [0.15, 0.2) is 0 Å². The maximum atomic E-state index is 12.6. The number of anilines is 3. The highest BCUT2D eigenvalue weighted by atomic mass is 32.2. The summed E-state index contributed by atoms with van der Waals surface area (Å²) in [5, 5.41) is 6.24. The van der Waals surface area contributed by atoms with Crippen molar-refractivity contribution in [2.45, 2.75) is 13.3 Å². The van der Waals surface area contributed by atoms with Gasteiger partial charge >= 0.3 is 6.09 Å². The number of rotatable bonds is 4. The minimum absolute atomic E-state index is 0.215. The van der Waals surface area contributed by atoms with Crippen LogP contribution in [-0.4, -0.2) is 21.4 Å². The number of nitrogens with zero attached hydrogens (tertiary/aromatic N) is 2. The van der Waals surface area contributed by atoms with Gasteiger partial charge in [0.1, 0.15) is 5.75 Å². The van der Waals surface area contributed by atoms with Gasteiger partial charge in [-0.3, -0.25) is 19.5 Å². The summed E-state index contributed by atoms with van der Waals surface area (Å²) in [6.45, 7) is 1.87. The molecule has 1 aromatic heterocycles. The monoisotopic (exact) mass is 486 g/mol. The lowest BCUT2D eigenvalue weighted by atomic mass is 10.0. The third-order valence-electron chi connectivity index (χ3n) is 5.43. The summed E-state index contributed by atoms with van der Waals surface area (Å²) in [6, 6.07) is 13.6. The van der Waals surface area contributed by atoms with Gasteiger partial charge in [0.05, 0.1) is 5.52 Å². The van der Waals surface area contributed by atoms with Crippen molar-refractivity contribution in [3.8, 4) is 5.75 Å². The molecule has 0 saturated heterocycles. The number of hydrogen-bond donors (Lipinski definition) is 4. The second-order valence-electron chi connectivity index (χ2n) is 8.06. The summed E-state index contributed by atoms with van der Waals surface area (Å²) in [5.41, 5.74) is 11.0. The minimum Gasteiger partial charge on any atom is -0.410 e. The van der Waals surface area contributed by atoms with Crippen LogP contribution in [0.25, 0.3) is 10.9 Å². The van der Waals surface area contributed by atoms with Crippen LogP contribution in [0, 0.1) is 6.92 Å². The van der Waals surface area contributed by atoms with Crippen molar-refractivity contribution in [1.29, 1.82) is 0 Å². The Morgan fingerprint density at radius 1 is 1.09 bits per heavy atom. The molecule has 2 heterocycles. The fourth-order valence-corrected chi connectivity index (χ4v) is 4.63. The van der Waals surface area contributed by atoms with Crippen LogP contribution in [0.15, 0.2) is 82.9 Å². The lowest BCUT2D eigenvalue weighted by molar-refractivity contribution is -0.112. The van der Waals surface area contributed by atoms with E-state index in [0.717, 1.165) is 21.7 Å². The molecule has 0 spiro atoms. The molecule has 0 unspecified atom stereocenters. The van der Waals surface area contributed by atoms with Crippen LogP contribution in [0.2, 0.25) is 0 Å². The van der Waals surface area contributed by atoms with E-state index in [2.05, 4.69) is 15.6 Å². The highest BCUT2D eigenvalue weighted by molar-refractivity contribution is 8.01. The molecule has 9 nitrogen and oxygen atoms in total. The summed E-state index contributed by atoms with van der Waals surface area (Å²) in [4.78, 5) is 30.4. The SMILES string of the molecule is Cc1cc(N)c2cc(OC(=O)Nc3ccc(NC(=O)C4=CCC5=CN(N)SC5=C4)cc3)ccc2n1. The lowest BCUT2D eigenvalue weighted by Crippen LogP contribution is -2.17. The summed E-state index contributed by atoms with van der Waals surface area (Å²) in [7, 11) is 0. The van der Waals surface area contributed by atoms with Crippen molar-refractivity contribution in [3.05, 3.63) is 88.6 Å². The molecule has 2 amide bonds. The fourth-order valence-electron chi connectivity index (χ4n) is 3.79. The zero-order valence-electron chi connectivity index (χ0n) is 18.7. The van der Waals surface area contributed by atoms with Gasteiger partial charge in [-0.25, -0.2) is 10.6 Å². The van der Waals surface area contributed by atoms with Crippen LogP contribution in [0.5, 0.6) is 5.75 Å². The smallest absolute Gasteiger partial charge is 0.410 e. The molecule has 2 aromatic carbocycles. The minimum atomic E-state index is -0.648. The Morgan fingerprint density at radius 3 is 2.60 bits per heavy atom. The number of pyridine rings is 1. The number of aromatic nitrogens is 1. The standard InChI is InChI=1S/C25H22N6O3S/c1-14-10-21(26)20-12-19(8-9-22(20)28-14)34-25(33)30-18-6-4-17(5-7-18)29-24(32)15-2-3-16-13-31(27)35-23(16)11-15/h2,4-13H,3,27H2,1H3,(H2,26,28)(H,29,32)(H,30,33). The van der Waals surface area contributed by atoms with Crippen molar-refractivity contribution < 1.29 is 14.3 Å². The number of amides is 2. The zero-order chi connectivity index (χ0) is 24.5. The van der Waals surface area contributed by atoms with E-state index in [1.54, 1.807) is 48.5 Å². The number of fused-ring (bicyclic) bond motifs is 2. The number of hydrazine groups is 1. The number of allylic oxidation sites excluding steroid dienone is 2. The number of nitrogens with one attached hydrogen (secondary N) is 2. The second-order valence-corrected chi connectivity index (χ2v) is 9.10. The zero-order valence-corrected chi connectivity index (χ0v) is 19.6. The second kappa shape index (κ2) is 9.16. The maximum absolute atomic E-state index is 12.6. The molecule has 35 heavy (non-hydrogen) atoms. The molecule has 0 radical (unpaired) electrons. The van der Waals surface area contributed by atoms with Crippen LogP contribution in [0.1, 0.15) is 12.1 Å². The first kappa shape index (κ1) is 22.5. The average Bonchev–Trinajstić information content (AvgIpc) is 3.20. The van der Waals surface area contributed by atoms with E-state index in [0.29, 0.717) is 40.2 Å². The van der Waals surface area contributed by atoms with Gasteiger partial charge in [0, 0.05) is 56.8 Å². The Morgan fingerprint density at radius 2 is 1.83 bits per heavy atom. The summed E-state index contributed by atoms with van der Waals surface area (Å²) < 4.78 is 6.92. The third kappa shape index (κ3) is 4.98. The van der Waals surface area contributed by atoms with Crippen molar-refractivity contribution in [2.24, 2.45) is 5.84 Å². The number of nitrogens with two attached hydrogens (primary N) is 2. The summed E-state index contributed by atoms with van der Waals surface area (Å²) in [6.07, 6.45) is 5.55.